The van der Waals surface area contributed by atoms with Crippen LogP contribution in [0.2, 0.25) is 0 Å². The van der Waals surface area contributed by atoms with Gasteiger partial charge in [0, 0.05) is 32.4 Å². The minimum atomic E-state index is -0.392. The normalized spacial score (nSPS) is 11.9. The quantitative estimate of drug-likeness (QED) is 0.865. The molecule has 0 bridgehead atoms. The van der Waals surface area contributed by atoms with Gasteiger partial charge in [-0.25, -0.2) is 14.6 Å². The van der Waals surface area contributed by atoms with Crippen LogP contribution in [-0.2, 0) is 11.3 Å². The van der Waals surface area contributed by atoms with Crippen molar-refractivity contribution < 1.29 is 4.79 Å². The third-order valence-electron chi connectivity index (χ3n) is 2.96. The van der Waals surface area contributed by atoms with E-state index in [-0.39, 0.29) is 5.91 Å². The summed E-state index contributed by atoms with van der Waals surface area (Å²) in [6, 6.07) is 3.41. The van der Waals surface area contributed by atoms with E-state index in [4.69, 9.17) is 0 Å². The highest BCUT2D eigenvalue weighted by Crippen LogP contribution is 2.14. The van der Waals surface area contributed by atoms with Gasteiger partial charge in [-0.1, -0.05) is 6.07 Å². The van der Waals surface area contributed by atoms with Gasteiger partial charge in [-0.15, -0.1) is 0 Å². The van der Waals surface area contributed by atoms with Crippen molar-refractivity contribution in [1.29, 1.82) is 0 Å². The maximum atomic E-state index is 12.1. The summed E-state index contributed by atoms with van der Waals surface area (Å²) >= 11 is 0. The van der Waals surface area contributed by atoms with Crippen LogP contribution in [0, 0.1) is 0 Å². The first kappa shape index (κ1) is 14.0. The summed E-state index contributed by atoms with van der Waals surface area (Å²) in [5.74, 6) is 0.741. The molecule has 1 amide bonds. The number of nitrogens with zero attached hydrogens (tertiary/aromatic N) is 5. The zero-order chi connectivity index (χ0) is 14.5. The van der Waals surface area contributed by atoms with Gasteiger partial charge in [0.1, 0.15) is 24.5 Å². The number of carbonyl (C=O) groups is 1. The van der Waals surface area contributed by atoms with Crippen LogP contribution in [0.5, 0.6) is 0 Å². The molecule has 2 rings (SSSR count). The van der Waals surface area contributed by atoms with Crippen LogP contribution in [0.1, 0.15) is 18.5 Å². The minimum absolute atomic E-state index is 0.107. The average molecular weight is 274 g/mol. The number of hydrogen-bond donors (Lipinski definition) is 1. The molecule has 1 atom stereocenters. The largest absolute Gasteiger partial charge is 0.362 e. The molecule has 0 fully saturated rings. The Labute approximate surface area is 117 Å². The van der Waals surface area contributed by atoms with Gasteiger partial charge in [-0.3, -0.25) is 4.79 Å². The predicted molar refractivity (Wildman–Crippen MR) is 75.1 cm³/mol. The molecule has 0 saturated carbocycles. The average Bonchev–Trinajstić information content (AvgIpc) is 2.98. The van der Waals surface area contributed by atoms with Gasteiger partial charge in [-0.05, 0) is 13.0 Å². The van der Waals surface area contributed by atoms with Crippen molar-refractivity contribution in [3.63, 3.8) is 0 Å². The fourth-order valence-electron chi connectivity index (χ4n) is 1.84. The molecule has 2 aromatic rings. The lowest BCUT2D eigenvalue weighted by Crippen LogP contribution is -2.31. The Morgan fingerprint density at radius 1 is 1.50 bits per heavy atom. The first-order valence-corrected chi connectivity index (χ1v) is 6.32. The Morgan fingerprint density at radius 2 is 2.30 bits per heavy atom. The highest BCUT2D eigenvalue weighted by atomic mass is 16.2. The van der Waals surface area contributed by atoms with Crippen molar-refractivity contribution in [3.05, 3.63) is 36.5 Å². The molecule has 0 spiro atoms. The van der Waals surface area contributed by atoms with Crippen LogP contribution < -0.4 is 10.2 Å². The van der Waals surface area contributed by atoms with E-state index in [1.165, 1.54) is 17.3 Å². The van der Waals surface area contributed by atoms with E-state index < -0.39 is 6.04 Å². The van der Waals surface area contributed by atoms with Gasteiger partial charge < -0.3 is 10.2 Å². The first-order valence-electron chi connectivity index (χ1n) is 6.32. The summed E-state index contributed by atoms with van der Waals surface area (Å²) in [5.41, 5.74) is 0.969. The molecule has 20 heavy (non-hydrogen) atoms. The zero-order valence-electron chi connectivity index (χ0n) is 11.8. The van der Waals surface area contributed by atoms with Crippen LogP contribution in [0.3, 0.4) is 0 Å². The Balaban J connectivity index is 2.00. The van der Waals surface area contributed by atoms with Crippen molar-refractivity contribution in [3.8, 4) is 0 Å². The van der Waals surface area contributed by atoms with E-state index in [0.29, 0.717) is 6.54 Å². The van der Waals surface area contributed by atoms with Crippen molar-refractivity contribution in [2.45, 2.75) is 19.5 Å². The number of aromatic nitrogens is 4. The van der Waals surface area contributed by atoms with Gasteiger partial charge in [0.15, 0.2) is 0 Å². The van der Waals surface area contributed by atoms with E-state index in [2.05, 4.69) is 20.4 Å². The molecule has 2 aromatic heterocycles. The molecule has 7 nitrogen and oxygen atoms in total. The predicted octanol–water partition coefficient (Wildman–Crippen LogP) is 0.616. The topological polar surface area (TPSA) is 75.9 Å². The molecule has 1 N–H and O–H groups in total. The van der Waals surface area contributed by atoms with E-state index >= 15 is 0 Å². The maximum absolute atomic E-state index is 12.1. The summed E-state index contributed by atoms with van der Waals surface area (Å²) in [5, 5.41) is 6.85. The molecule has 0 aliphatic rings. The van der Waals surface area contributed by atoms with Crippen molar-refractivity contribution in [2.75, 3.05) is 19.0 Å². The minimum Gasteiger partial charge on any atom is -0.362 e. The number of rotatable bonds is 5. The lowest BCUT2D eigenvalue weighted by molar-refractivity contribution is -0.124. The molecule has 2 heterocycles. The molecular weight excluding hydrogens is 256 g/mol. The second-order valence-electron chi connectivity index (χ2n) is 4.65. The van der Waals surface area contributed by atoms with E-state index in [1.807, 2.05) is 31.1 Å². The molecule has 1 unspecified atom stereocenters. The third kappa shape index (κ3) is 3.11. The zero-order valence-corrected chi connectivity index (χ0v) is 11.8. The highest BCUT2D eigenvalue weighted by molar-refractivity contribution is 5.79. The summed E-state index contributed by atoms with van der Waals surface area (Å²) in [6.45, 7) is 2.21. The Kier molecular flexibility index (Phi) is 4.29. The van der Waals surface area contributed by atoms with E-state index in [9.17, 15) is 4.79 Å². The van der Waals surface area contributed by atoms with Gasteiger partial charge >= 0.3 is 0 Å². The van der Waals surface area contributed by atoms with Crippen molar-refractivity contribution in [2.24, 2.45) is 0 Å². The second kappa shape index (κ2) is 6.14. The first-order chi connectivity index (χ1) is 9.59. The standard InChI is InChI=1S/C13H18N6O/c1-10(19-9-14-8-17-19)13(20)16-7-11-5-4-6-15-12(11)18(2)3/h4-6,8-10H,7H2,1-3H3,(H,16,20). The van der Waals surface area contributed by atoms with Crippen LogP contribution in [0.15, 0.2) is 31.0 Å². The van der Waals surface area contributed by atoms with Gasteiger partial charge in [-0.2, -0.15) is 5.10 Å². The molecule has 7 heteroatoms. The second-order valence-corrected chi connectivity index (χ2v) is 4.65. The van der Waals surface area contributed by atoms with Gasteiger partial charge in [0.2, 0.25) is 5.91 Å². The summed E-state index contributed by atoms with van der Waals surface area (Å²) in [7, 11) is 3.84. The fourth-order valence-corrected chi connectivity index (χ4v) is 1.84. The lowest BCUT2D eigenvalue weighted by Gasteiger charge is -2.17. The van der Waals surface area contributed by atoms with Crippen LogP contribution in [-0.4, -0.2) is 39.8 Å². The summed E-state index contributed by atoms with van der Waals surface area (Å²) in [4.78, 5) is 22.1. The number of amides is 1. The summed E-state index contributed by atoms with van der Waals surface area (Å²) in [6.07, 6.45) is 4.67. The van der Waals surface area contributed by atoms with E-state index in [1.54, 1.807) is 13.1 Å². The lowest BCUT2D eigenvalue weighted by atomic mass is 10.2. The molecule has 106 valence electrons. The third-order valence-corrected chi connectivity index (χ3v) is 2.96. The number of nitrogens with one attached hydrogen (secondary N) is 1. The van der Waals surface area contributed by atoms with Crippen molar-refractivity contribution in [1.82, 2.24) is 25.1 Å². The Hall–Kier alpha value is -2.44. The number of carbonyl (C=O) groups excluding carboxylic acids is 1. The monoisotopic (exact) mass is 274 g/mol. The molecule has 0 aliphatic heterocycles. The van der Waals surface area contributed by atoms with Crippen LogP contribution in [0.25, 0.3) is 0 Å². The number of pyridine rings is 1. The Morgan fingerprint density at radius 3 is 2.95 bits per heavy atom. The number of hydrogen-bond acceptors (Lipinski definition) is 5. The SMILES string of the molecule is CC(C(=O)NCc1cccnc1N(C)C)n1cncn1. The summed E-state index contributed by atoms with van der Waals surface area (Å²) < 4.78 is 1.52. The molecule has 0 aliphatic carbocycles. The maximum Gasteiger partial charge on any atom is 0.244 e. The van der Waals surface area contributed by atoms with E-state index in [0.717, 1.165) is 11.4 Å². The smallest absolute Gasteiger partial charge is 0.244 e. The van der Waals surface area contributed by atoms with Gasteiger partial charge in [0.05, 0.1) is 0 Å². The molecule has 0 saturated heterocycles. The van der Waals surface area contributed by atoms with Crippen LogP contribution >= 0.6 is 0 Å². The number of anilines is 1. The van der Waals surface area contributed by atoms with Crippen LogP contribution in [0.4, 0.5) is 5.82 Å². The van der Waals surface area contributed by atoms with Gasteiger partial charge in [0.25, 0.3) is 0 Å². The fraction of sp³-hybridized carbons (Fsp3) is 0.385. The molecule has 0 aromatic carbocycles. The van der Waals surface area contributed by atoms with Crippen molar-refractivity contribution >= 4 is 11.7 Å². The highest BCUT2D eigenvalue weighted by Gasteiger charge is 2.15. The molecule has 0 radical (unpaired) electrons. The molecular formula is C13H18N6O. The Bertz CT molecular complexity index is 566.